The molecule has 1 amide bonds. The summed E-state index contributed by atoms with van der Waals surface area (Å²) in [7, 11) is 1.79. The van der Waals surface area contributed by atoms with E-state index < -0.39 is 0 Å². The lowest BCUT2D eigenvalue weighted by Gasteiger charge is -2.31. The van der Waals surface area contributed by atoms with Crippen molar-refractivity contribution >= 4 is 11.9 Å². The number of hydrogen-bond acceptors (Lipinski definition) is 9. The molecule has 5 rings (SSSR count). The van der Waals surface area contributed by atoms with Crippen molar-refractivity contribution in [3.05, 3.63) is 41.5 Å². The quantitative estimate of drug-likeness (QED) is 0.621. The lowest BCUT2D eigenvalue weighted by Crippen LogP contribution is -2.36. The van der Waals surface area contributed by atoms with E-state index in [4.69, 9.17) is 9.84 Å². The summed E-state index contributed by atoms with van der Waals surface area (Å²) in [6, 6.07) is 3.57. The lowest BCUT2D eigenvalue weighted by atomic mass is 9.73. The highest BCUT2D eigenvalue weighted by Gasteiger charge is 2.48. The second-order valence-electron chi connectivity index (χ2n) is 8.92. The van der Waals surface area contributed by atoms with Crippen molar-refractivity contribution in [1.82, 2.24) is 35.4 Å². The maximum Gasteiger partial charge on any atom is 0.336 e. The van der Waals surface area contributed by atoms with Gasteiger partial charge in [0.2, 0.25) is 5.91 Å². The molecule has 3 aliphatic rings. The van der Waals surface area contributed by atoms with Crippen LogP contribution in [0.5, 0.6) is 0 Å². The molecule has 2 aliphatic heterocycles. The Morgan fingerprint density at radius 1 is 1.21 bits per heavy atom. The number of esters is 1. The second-order valence-corrected chi connectivity index (χ2v) is 8.92. The topological polar surface area (TPSA) is 135 Å². The number of ether oxygens (including phenoxy) is 1. The Kier molecular flexibility index (Phi) is 7.32. The van der Waals surface area contributed by atoms with Gasteiger partial charge in [-0.15, -0.1) is 5.10 Å². The maximum absolute atomic E-state index is 12.6. The van der Waals surface area contributed by atoms with Gasteiger partial charge in [-0.3, -0.25) is 4.79 Å². The number of likely N-dealkylation sites (N-methyl/N-ethyl adjacent to an activating group) is 1. The van der Waals surface area contributed by atoms with E-state index >= 15 is 0 Å². The normalized spacial score (nSPS) is 20.4. The van der Waals surface area contributed by atoms with Gasteiger partial charge in [-0.2, -0.15) is 4.68 Å². The summed E-state index contributed by atoms with van der Waals surface area (Å²) in [5.74, 6) is 0.596. The summed E-state index contributed by atoms with van der Waals surface area (Å²) in [5.41, 5.74) is 2.20. The van der Waals surface area contributed by atoms with E-state index in [1.807, 2.05) is 11.0 Å². The van der Waals surface area contributed by atoms with Crippen LogP contribution in [0.4, 0.5) is 0 Å². The summed E-state index contributed by atoms with van der Waals surface area (Å²) in [6.45, 7) is 2.81. The van der Waals surface area contributed by atoms with Crippen molar-refractivity contribution in [2.24, 2.45) is 5.41 Å². The first-order valence-corrected chi connectivity index (χ1v) is 11.7. The van der Waals surface area contributed by atoms with Gasteiger partial charge < -0.3 is 20.1 Å². The van der Waals surface area contributed by atoms with E-state index in [9.17, 15) is 9.59 Å². The Balaban J connectivity index is 0.000000162. The van der Waals surface area contributed by atoms with Crippen LogP contribution in [0.25, 0.3) is 5.82 Å². The second kappa shape index (κ2) is 10.4. The van der Waals surface area contributed by atoms with Crippen LogP contribution in [0.15, 0.2) is 35.9 Å². The maximum atomic E-state index is 12.6. The zero-order chi connectivity index (χ0) is 24.1. The van der Waals surface area contributed by atoms with E-state index in [0.29, 0.717) is 11.4 Å². The van der Waals surface area contributed by atoms with Gasteiger partial charge in [0.25, 0.3) is 0 Å². The minimum atomic E-state index is -0.276. The van der Waals surface area contributed by atoms with Gasteiger partial charge in [-0.05, 0) is 55.3 Å². The molecule has 34 heavy (non-hydrogen) atoms. The average Bonchev–Trinajstić information content (AvgIpc) is 3.59. The molecule has 11 nitrogen and oxygen atoms in total. The van der Waals surface area contributed by atoms with Crippen molar-refractivity contribution in [2.45, 2.75) is 51.5 Å². The Morgan fingerprint density at radius 2 is 2.00 bits per heavy atom. The fourth-order valence-electron chi connectivity index (χ4n) is 4.89. The number of tetrazole rings is 1. The number of carbonyl (C=O) groups excluding carboxylic acids is 2. The first-order chi connectivity index (χ1) is 16.5. The predicted molar refractivity (Wildman–Crippen MR) is 121 cm³/mol. The number of aliphatic hydroxyl groups is 1. The molecule has 4 heterocycles. The molecule has 0 aromatic carbocycles. The van der Waals surface area contributed by atoms with Gasteiger partial charge in [0.05, 0.1) is 29.3 Å². The fourth-order valence-corrected chi connectivity index (χ4v) is 4.89. The standard InChI is InChI=1S/C14H19NO3.C9H12N6O/c1-10-11(9-18-12(10)16)15-8-7-14(13(15)17)5-3-2-4-6-14;1-10-8(5-16)7-2-3-9(11-4-7)15-6-12-13-14-15/h2-9H2,1H3;2-4,6,8,10,16H,5H2,1H3. The molecule has 0 bridgehead atoms. The SMILES string of the molecule is CC1=C(N2CCC3(CCCCC3)C2=O)COC1=O.CNC(CO)c1ccc(-n2cnnn2)nc1. The molecular formula is C23H31N7O4. The summed E-state index contributed by atoms with van der Waals surface area (Å²) in [4.78, 5) is 30.1. The van der Waals surface area contributed by atoms with E-state index in [1.54, 1.807) is 26.2 Å². The summed E-state index contributed by atoms with van der Waals surface area (Å²) < 4.78 is 6.48. The van der Waals surface area contributed by atoms with Crippen LogP contribution in [0.3, 0.4) is 0 Å². The molecule has 1 saturated carbocycles. The zero-order valence-corrected chi connectivity index (χ0v) is 19.6. The smallest absolute Gasteiger partial charge is 0.336 e. The average molecular weight is 470 g/mol. The molecule has 1 aliphatic carbocycles. The number of hydrogen-bond donors (Lipinski definition) is 2. The Morgan fingerprint density at radius 3 is 2.56 bits per heavy atom. The third kappa shape index (κ3) is 4.71. The minimum absolute atomic E-state index is 0.0302. The third-order valence-corrected chi connectivity index (χ3v) is 7.02. The lowest BCUT2D eigenvalue weighted by molar-refractivity contribution is -0.138. The van der Waals surface area contributed by atoms with Crippen molar-refractivity contribution in [3.8, 4) is 5.82 Å². The molecule has 1 unspecified atom stereocenters. The van der Waals surface area contributed by atoms with E-state index in [0.717, 1.165) is 49.9 Å². The van der Waals surface area contributed by atoms with E-state index in [2.05, 4.69) is 25.8 Å². The number of pyridine rings is 1. The summed E-state index contributed by atoms with van der Waals surface area (Å²) in [6.07, 6.45) is 9.71. The van der Waals surface area contributed by atoms with E-state index in [-0.39, 0.29) is 36.5 Å². The van der Waals surface area contributed by atoms with Gasteiger partial charge in [-0.1, -0.05) is 25.3 Å². The third-order valence-electron chi connectivity index (χ3n) is 7.02. The van der Waals surface area contributed by atoms with Crippen molar-refractivity contribution < 1.29 is 19.4 Å². The fraction of sp³-hybridized carbons (Fsp3) is 0.565. The molecule has 2 fully saturated rings. The molecular weight excluding hydrogens is 438 g/mol. The first kappa shape index (κ1) is 24.0. The van der Waals surface area contributed by atoms with E-state index in [1.165, 1.54) is 17.4 Å². The minimum Gasteiger partial charge on any atom is -0.456 e. The molecule has 0 radical (unpaired) electrons. The Hall–Kier alpha value is -3.18. The monoisotopic (exact) mass is 469 g/mol. The number of nitrogens with zero attached hydrogens (tertiary/aromatic N) is 6. The molecule has 2 aromatic rings. The van der Waals surface area contributed by atoms with Crippen molar-refractivity contribution in [3.63, 3.8) is 0 Å². The van der Waals surface area contributed by atoms with Crippen LogP contribution in [-0.2, 0) is 14.3 Å². The first-order valence-electron chi connectivity index (χ1n) is 11.7. The van der Waals surface area contributed by atoms with Crippen molar-refractivity contribution in [1.29, 1.82) is 0 Å². The number of aromatic nitrogens is 5. The molecule has 1 spiro atoms. The summed E-state index contributed by atoms with van der Waals surface area (Å²) in [5, 5.41) is 22.9. The number of nitrogens with one attached hydrogen (secondary N) is 1. The Labute approximate surface area is 198 Å². The predicted octanol–water partition coefficient (Wildman–Crippen LogP) is 1.31. The number of cyclic esters (lactones) is 1. The highest BCUT2D eigenvalue weighted by Crippen LogP contribution is 2.46. The zero-order valence-electron chi connectivity index (χ0n) is 19.6. The van der Waals surface area contributed by atoms with Crippen LogP contribution < -0.4 is 5.32 Å². The van der Waals surface area contributed by atoms with Gasteiger partial charge in [0, 0.05) is 12.7 Å². The highest BCUT2D eigenvalue weighted by molar-refractivity contribution is 5.94. The molecule has 1 saturated heterocycles. The molecule has 11 heteroatoms. The number of aliphatic hydroxyl groups excluding tert-OH is 1. The van der Waals surface area contributed by atoms with Crippen LogP contribution in [0, 0.1) is 5.41 Å². The van der Waals surface area contributed by atoms with Crippen LogP contribution >= 0.6 is 0 Å². The van der Waals surface area contributed by atoms with Crippen LogP contribution in [0.2, 0.25) is 0 Å². The largest absolute Gasteiger partial charge is 0.456 e. The van der Waals surface area contributed by atoms with Gasteiger partial charge in [0.15, 0.2) is 5.82 Å². The number of likely N-dealkylation sites (tertiary alicyclic amines) is 1. The van der Waals surface area contributed by atoms with Crippen molar-refractivity contribution in [2.75, 3.05) is 26.8 Å². The highest BCUT2D eigenvalue weighted by atomic mass is 16.5. The van der Waals surface area contributed by atoms with Gasteiger partial charge in [0.1, 0.15) is 12.9 Å². The van der Waals surface area contributed by atoms with Crippen LogP contribution in [-0.4, -0.2) is 73.9 Å². The number of amides is 1. The van der Waals surface area contributed by atoms with Gasteiger partial charge >= 0.3 is 5.97 Å². The summed E-state index contributed by atoms with van der Waals surface area (Å²) >= 11 is 0. The van der Waals surface area contributed by atoms with Gasteiger partial charge in [-0.25, -0.2) is 9.78 Å². The molecule has 2 aromatic heterocycles. The molecule has 1 atom stereocenters. The molecule has 182 valence electrons. The van der Waals surface area contributed by atoms with Crippen LogP contribution in [0.1, 0.15) is 57.1 Å². The molecule has 2 N–H and O–H groups in total. The number of carbonyl (C=O) groups is 2. The number of rotatable bonds is 5. The Bertz CT molecular complexity index is 1030.